The maximum atomic E-state index is 11.5. The van der Waals surface area contributed by atoms with E-state index in [-0.39, 0.29) is 17.7 Å². The number of carbonyl (C=O) groups excluding carboxylic acids is 1. The Labute approximate surface area is 102 Å². The molecule has 2 heterocycles. The molecule has 0 saturated carbocycles. The van der Waals surface area contributed by atoms with E-state index >= 15 is 0 Å². The zero-order chi connectivity index (χ0) is 12.1. The fourth-order valence-corrected chi connectivity index (χ4v) is 2.42. The lowest BCUT2D eigenvalue weighted by atomic mass is 9.90. The van der Waals surface area contributed by atoms with E-state index in [0.717, 1.165) is 25.9 Å². The second kappa shape index (κ2) is 5.51. The molecule has 2 aliphatic heterocycles. The molecule has 17 heavy (non-hydrogen) atoms. The summed E-state index contributed by atoms with van der Waals surface area (Å²) in [5.74, 6) is 0. The molecular weight excluding hydrogens is 220 g/mol. The predicted octanol–water partition coefficient (Wildman–Crippen LogP) is 0.810. The third kappa shape index (κ3) is 3.20. The van der Waals surface area contributed by atoms with Crippen molar-refractivity contribution in [2.24, 2.45) is 0 Å². The van der Waals surface area contributed by atoms with Crippen molar-refractivity contribution in [2.45, 2.75) is 30.9 Å². The highest BCUT2D eigenvalue weighted by Crippen LogP contribution is 2.32. The van der Waals surface area contributed by atoms with Gasteiger partial charge >= 0.3 is 6.03 Å². The molecule has 0 radical (unpaired) electrons. The van der Waals surface area contributed by atoms with Gasteiger partial charge in [0, 0.05) is 32.2 Å². The summed E-state index contributed by atoms with van der Waals surface area (Å²) in [4.78, 5) is 11.5. The summed E-state index contributed by atoms with van der Waals surface area (Å²) in [6, 6.07) is 0.0427. The first kappa shape index (κ1) is 12.4. The first-order valence-corrected chi connectivity index (χ1v) is 6.11. The molecule has 5 nitrogen and oxygen atoms in total. The van der Waals surface area contributed by atoms with E-state index in [1.165, 1.54) is 0 Å². The summed E-state index contributed by atoms with van der Waals surface area (Å²) >= 11 is 0. The summed E-state index contributed by atoms with van der Waals surface area (Å²) in [5, 5.41) is 5.69. The van der Waals surface area contributed by atoms with Crippen molar-refractivity contribution < 1.29 is 14.3 Å². The van der Waals surface area contributed by atoms with Gasteiger partial charge in [-0.1, -0.05) is 6.08 Å². The molecule has 0 unspecified atom stereocenters. The maximum Gasteiger partial charge on any atom is 0.315 e. The molecule has 96 valence electrons. The van der Waals surface area contributed by atoms with E-state index in [2.05, 4.69) is 17.2 Å². The van der Waals surface area contributed by atoms with Gasteiger partial charge in [-0.15, -0.1) is 6.58 Å². The summed E-state index contributed by atoms with van der Waals surface area (Å²) < 4.78 is 11.2. The Hall–Kier alpha value is -1.07. The third-order valence-corrected chi connectivity index (χ3v) is 3.30. The summed E-state index contributed by atoms with van der Waals surface area (Å²) in [6.07, 6.45) is 4.30. The van der Waals surface area contributed by atoms with E-state index in [0.29, 0.717) is 19.8 Å². The normalized spacial score (nSPS) is 32.4. The van der Waals surface area contributed by atoms with Crippen LogP contribution in [0.1, 0.15) is 19.3 Å². The number of nitrogens with one attached hydrogen (secondary N) is 2. The van der Waals surface area contributed by atoms with E-state index in [9.17, 15) is 4.79 Å². The van der Waals surface area contributed by atoms with Crippen LogP contribution in [0.25, 0.3) is 0 Å². The number of rotatable bonds is 3. The highest BCUT2D eigenvalue weighted by molar-refractivity contribution is 5.74. The van der Waals surface area contributed by atoms with Gasteiger partial charge in [0.05, 0.1) is 12.2 Å². The van der Waals surface area contributed by atoms with Crippen LogP contribution in [0.5, 0.6) is 0 Å². The standard InChI is InChI=1S/C12H20N2O3/c1-2-5-13-11(15)14-10-3-6-17-12(8-10)4-7-16-9-12/h2,10H,1,3-9H2,(H2,13,14,15)/t10-,12-/m0/s1. The SMILES string of the molecule is C=CCNC(=O)N[C@H]1CCO[C@@]2(CCOC2)C1. The molecule has 2 saturated heterocycles. The lowest BCUT2D eigenvalue weighted by molar-refractivity contribution is -0.0878. The molecule has 1 spiro atoms. The Balaban J connectivity index is 1.81. The molecular formula is C12H20N2O3. The zero-order valence-corrected chi connectivity index (χ0v) is 10.0. The van der Waals surface area contributed by atoms with Gasteiger partial charge < -0.3 is 20.1 Å². The molecule has 0 aliphatic carbocycles. The smallest absolute Gasteiger partial charge is 0.315 e. The van der Waals surface area contributed by atoms with E-state index < -0.39 is 0 Å². The Morgan fingerprint density at radius 1 is 1.53 bits per heavy atom. The maximum absolute atomic E-state index is 11.5. The molecule has 2 amide bonds. The zero-order valence-electron chi connectivity index (χ0n) is 10.0. The number of hydrogen-bond donors (Lipinski definition) is 2. The lowest BCUT2D eigenvalue weighted by Gasteiger charge is -2.37. The van der Waals surface area contributed by atoms with Crippen LogP contribution < -0.4 is 10.6 Å². The second-order valence-electron chi connectivity index (χ2n) is 4.67. The molecule has 2 aliphatic rings. The topological polar surface area (TPSA) is 59.6 Å². The molecule has 0 aromatic heterocycles. The van der Waals surface area contributed by atoms with Crippen LogP contribution in [-0.2, 0) is 9.47 Å². The fraction of sp³-hybridized carbons (Fsp3) is 0.750. The Kier molecular flexibility index (Phi) is 4.02. The van der Waals surface area contributed by atoms with Crippen LogP contribution in [0.3, 0.4) is 0 Å². The van der Waals surface area contributed by atoms with Gasteiger partial charge in [0.1, 0.15) is 0 Å². The first-order chi connectivity index (χ1) is 8.24. The van der Waals surface area contributed by atoms with Crippen LogP contribution in [0.2, 0.25) is 0 Å². The van der Waals surface area contributed by atoms with E-state index in [1.807, 2.05) is 0 Å². The van der Waals surface area contributed by atoms with Crippen molar-refractivity contribution in [1.82, 2.24) is 10.6 Å². The largest absolute Gasteiger partial charge is 0.378 e. The van der Waals surface area contributed by atoms with Gasteiger partial charge in [-0.2, -0.15) is 0 Å². The first-order valence-electron chi connectivity index (χ1n) is 6.11. The molecule has 0 aromatic rings. The van der Waals surface area contributed by atoms with Gasteiger partial charge in [-0.05, 0) is 12.8 Å². The molecule has 2 N–H and O–H groups in total. The van der Waals surface area contributed by atoms with E-state index in [1.54, 1.807) is 6.08 Å². The van der Waals surface area contributed by atoms with Gasteiger partial charge in [0.15, 0.2) is 0 Å². The minimum atomic E-state index is -0.158. The van der Waals surface area contributed by atoms with Crippen LogP contribution >= 0.6 is 0 Å². The predicted molar refractivity (Wildman–Crippen MR) is 63.9 cm³/mol. The average Bonchev–Trinajstić information content (AvgIpc) is 2.74. The van der Waals surface area contributed by atoms with Gasteiger partial charge in [-0.25, -0.2) is 4.79 Å². The summed E-state index contributed by atoms with van der Waals surface area (Å²) in [5.41, 5.74) is -0.158. The molecule has 5 heteroatoms. The molecule has 2 atom stereocenters. The number of ether oxygens (including phenoxy) is 2. The minimum Gasteiger partial charge on any atom is -0.378 e. The lowest BCUT2D eigenvalue weighted by Crippen LogP contribution is -2.51. The number of hydrogen-bond acceptors (Lipinski definition) is 3. The number of amides is 2. The van der Waals surface area contributed by atoms with Gasteiger partial charge in [-0.3, -0.25) is 0 Å². The van der Waals surface area contributed by atoms with Crippen molar-refractivity contribution in [3.63, 3.8) is 0 Å². The van der Waals surface area contributed by atoms with Crippen molar-refractivity contribution in [3.8, 4) is 0 Å². The monoisotopic (exact) mass is 240 g/mol. The molecule has 0 bridgehead atoms. The van der Waals surface area contributed by atoms with Gasteiger partial charge in [0.2, 0.25) is 0 Å². The van der Waals surface area contributed by atoms with E-state index in [4.69, 9.17) is 9.47 Å². The van der Waals surface area contributed by atoms with Crippen LogP contribution in [0.15, 0.2) is 12.7 Å². The minimum absolute atomic E-state index is 0.133. The Bertz CT molecular complexity index is 287. The quantitative estimate of drug-likeness (QED) is 0.718. The van der Waals surface area contributed by atoms with Gasteiger partial charge in [0.25, 0.3) is 0 Å². The van der Waals surface area contributed by atoms with Crippen molar-refractivity contribution >= 4 is 6.03 Å². The highest BCUT2D eigenvalue weighted by Gasteiger charge is 2.41. The summed E-state index contributed by atoms with van der Waals surface area (Å²) in [7, 11) is 0. The number of urea groups is 1. The third-order valence-electron chi connectivity index (χ3n) is 3.30. The Morgan fingerprint density at radius 3 is 3.12 bits per heavy atom. The van der Waals surface area contributed by atoms with Crippen molar-refractivity contribution in [3.05, 3.63) is 12.7 Å². The molecule has 2 fully saturated rings. The average molecular weight is 240 g/mol. The van der Waals surface area contributed by atoms with Crippen LogP contribution in [0, 0.1) is 0 Å². The van der Waals surface area contributed by atoms with Crippen LogP contribution in [0.4, 0.5) is 4.79 Å². The van der Waals surface area contributed by atoms with Crippen LogP contribution in [-0.4, -0.2) is 44.0 Å². The van der Waals surface area contributed by atoms with Crippen molar-refractivity contribution in [1.29, 1.82) is 0 Å². The molecule has 2 rings (SSSR count). The second-order valence-corrected chi connectivity index (χ2v) is 4.67. The van der Waals surface area contributed by atoms with Crippen molar-refractivity contribution in [2.75, 3.05) is 26.4 Å². The summed E-state index contributed by atoms with van der Waals surface area (Å²) in [6.45, 7) is 6.15. The number of carbonyl (C=O) groups is 1. The Morgan fingerprint density at radius 2 is 2.41 bits per heavy atom. The fourth-order valence-electron chi connectivity index (χ4n) is 2.42. The highest BCUT2D eigenvalue weighted by atomic mass is 16.6. The molecule has 0 aromatic carbocycles.